The summed E-state index contributed by atoms with van der Waals surface area (Å²) >= 11 is 5.80. The van der Waals surface area contributed by atoms with Crippen LogP contribution in [0.1, 0.15) is 41.1 Å². The molecular formula is C17H18ClN3O2. The van der Waals surface area contributed by atoms with E-state index >= 15 is 0 Å². The molecule has 0 spiro atoms. The Bertz CT molecular complexity index is 701. The number of nitrogens with one attached hydrogen (secondary N) is 2. The van der Waals surface area contributed by atoms with Crippen LogP contribution in [0.3, 0.4) is 0 Å². The average molecular weight is 332 g/mol. The Morgan fingerprint density at radius 1 is 1.17 bits per heavy atom. The van der Waals surface area contributed by atoms with Crippen molar-refractivity contribution in [3.05, 3.63) is 58.9 Å². The van der Waals surface area contributed by atoms with Gasteiger partial charge in [-0.3, -0.25) is 14.6 Å². The second kappa shape index (κ2) is 7.74. The first-order valence-corrected chi connectivity index (χ1v) is 7.71. The molecule has 2 N–H and O–H groups in total. The number of carbonyl (C=O) groups excluding carboxylic acids is 2. The lowest BCUT2D eigenvalue weighted by atomic mass is 10.2. The van der Waals surface area contributed by atoms with E-state index in [1.807, 2.05) is 13.8 Å². The topological polar surface area (TPSA) is 71.1 Å². The van der Waals surface area contributed by atoms with Gasteiger partial charge in [0.2, 0.25) is 0 Å². The quantitative estimate of drug-likeness (QED) is 0.880. The fourth-order valence-electron chi connectivity index (χ4n) is 1.83. The minimum atomic E-state index is -0.384. The molecular weight excluding hydrogens is 314 g/mol. The highest BCUT2D eigenvalue weighted by atomic mass is 35.5. The summed E-state index contributed by atoms with van der Waals surface area (Å²) in [4.78, 5) is 28.3. The SMILES string of the molecule is CCC(C)NC(=O)c1ccnc(C(=O)Nc2ccc(Cl)cc2)c1. The van der Waals surface area contributed by atoms with Crippen molar-refractivity contribution in [2.45, 2.75) is 26.3 Å². The maximum Gasteiger partial charge on any atom is 0.274 e. The number of hydrogen-bond donors (Lipinski definition) is 2. The number of rotatable bonds is 5. The minimum absolute atomic E-state index is 0.0713. The predicted molar refractivity (Wildman–Crippen MR) is 90.9 cm³/mol. The Hall–Kier alpha value is -2.40. The molecule has 120 valence electrons. The number of benzene rings is 1. The zero-order chi connectivity index (χ0) is 16.8. The molecule has 1 aromatic carbocycles. The second-order valence-corrected chi connectivity index (χ2v) is 5.61. The first-order valence-electron chi connectivity index (χ1n) is 7.33. The Morgan fingerprint density at radius 3 is 2.52 bits per heavy atom. The van der Waals surface area contributed by atoms with Crippen molar-refractivity contribution in [2.75, 3.05) is 5.32 Å². The number of amides is 2. The van der Waals surface area contributed by atoms with Gasteiger partial charge in [0.25, 0.3) is 11.8 Å². The van der Waals surface area contributed by atoms with Crippen LogP contribution in [-0.4, -0.2) is 22.8 Å². The molecule has 0 saturated heterocycles. The van der Waals surface area contributed by atoms with Gasteiger partial charge in [-0.05, 0) is 49.7 Å². The lowest BCUT2D eigenvalue weighted by Gasteiger charge is -2.11. The Labute approximate surface area is 140 Å². The van der Waals surface area contributed by atoms with E-state index in [0.717, 1.165) is 6.42 Å². The third-order valence-corrected chi connectivity index (χ3v) is 3.60. The maximum absolute atomic E-state index is 12.2. The molecule has 0 aliphatic carbocycles. The monoisotopic (exact) mass is 331 g/mol. The summed E-state index contributed by atoms with van der Waals surface area (Å²) < 4.78 is 0. The lowest BCUT2D eigenvalue weighted by molar-refractivity contribution is 0.0939. The van der Waals surface area contributed by atoms with E-state index in [1.54, 1.807) is 30.3 Å². The predicted octanol–water partition coefficient (Wildman–Crippen LogP) is 3.52. The molecule has 0 aliphatic heterocycles. The van der Waals surface area contributed by atoms with Gasteiger partial charge in [0.1, 0.15) is 5.69 Å². The van der Waals surface area contributed by atoms with Crippen LogP contribution in [0.25, 0.3) is 0 Å². The molecule has 0 aliphatic rings. The zero-order valence-corrected chi connectivity index (χ0v) is 13.7. The van der Waals surface area contributed by atoms with E-state index in [1.165, 1.54) is 12.3 Å². The van der Waals surface area contributed by atoms with Crippen molar-refractivity contribution in [1.82, 2.24) is 10.3 Å². The highest BCUT2D eigenvalue weighted by Crippen LogP contribution is 2.14. The summed E-state index contributed by atoms with van der Waals surface area (Å²) in [6.45, 7) is 3.91. The molecule has 1 unspecified atom stereocenters. The van der Waals surface area contributed by atoms with Gasteiger partial charge in [-0.15, -0.1) is 0 Å². The van der Waals surface area contributed by atoms with Gasteiger partial charge in [0.15, 0.2) is 0 Å². The van der Waals surface area contributed by atoms with Gasteiger partial charge in [-0.25, -0.2) is 0 Å². The Balaban J connectivity index is 2.10. The number of anilines is 1. The number of nitrogens with zero attached hydrogens (tertiary/aromatic N) is 1. The van der Waals surface area contributed by atoms with Crippen molar-refractivity contribution in [2.24, 2.45) is 0 Å². The standard InChI is InChI=1S/C17H18ClN3O2/c1-3-11(2)20-16(22)12-8-9-19-15(10-12)17(23)21-14-6-4-13(18)5-7-14/h4-11H,3H2,1-2H3,(H,20,22)(H,21,23). The fourth-order valence-corrected chi connectivity index (χ4v) is 1.96. The van der Waals surface area contributed by atoms with Crippen LogP contribution in [-0.2, 0) is 0 Å². The largest absolute Gasteiger partial charge is 0.350 e. The first kappa shape index (κ1) is 17.0. The molecule has 23 heavy (non-hydrogen) atoms. The first-order chi connectivity index (χ1) is 11.0. The molecule has 0 saturated carbocycles. The molecule has 2 rings (SSSR count). The maximum atomic E-state index is 12.2. The van der Waals surface area contributed by atoms with Crippen LogP contribution in [0.15, 0.2) is 42.6 Å². The lowest BCUT2D eigenvalue weighted by Crippen LogP contribution is -2.32. The zero-order valence-electron chi connectivity index (χ0n) is 13.0. The summed E-state index contributed by atoms with van der Waals surface area (Å²) in [5, 5.41) is 6.15. The minimum Gasteiger partial charge on any atom is -0.350 e. The van der Waals surface area contributed by atoms with Crippen molar-refractivity contribution in [1.29, 1.82) is 0 Å². The Morgan fingerprint density at radius 2 is 1.87 bits per heavy atom. The highest BCUT2D eigenvalue weighted by Gasteiger charge is 2.13. The van der Waals surface area contributed by atoms with E-state index in [2.05, 4.69) is 15.6 Å². The molecule has 1 aromatic heterocycles. The normalized spacial score (nSPS) is 11.6. The van der Waals surface area contributed by atoms with Crippen molar-refractivity contribution >= 4 is 29.1 Å². The van der Waals surface area contributed by atoms with Crippen LogP contribution >= 0.6 is 11.6 Å². The Kier molecular flexibility index (Phi) is 5.71. The summed E-state index contributed by atoms with van der Waals surface area (Å²) in [7, 11) is 0. The van der Waals surface area contributed by atoms with Crippen molar-refractivity contribution in [3.63, 3.8) is 0 Å². The van der Waals surface area contributed by atoms with Crippen LogP contribution in [0.5, 0.6) is 0 Å². The highest BCUT2D eigenvalue weighted by molar-refractivity contribution is 6.30. The molecule has 1 atom stereocenters. The van der Waals surface area contributed by atoms with E-state index < -0.39 is 0 Å². The molecule has 2 amide bonds. The molecule has 0 bridgehead atoms. The number of carbonyl (C=O) groups is 2. The summed E-state index contributed by atoms with van der Waals surface area (Å²) in [6, 6.07) is 9.88. The van der Waals surface area contributed by atoms with Gasteiger partial charge in [0, 0.05) is 28.5 Å². The van der Waals surface area contributed by atoms with Crippen molar-refractivity contribution < 1.29 is 9.59 Å². The number of hydrogen-bond acceptors (Lipinski definition) is 3. The molecule has 6 heteroatoms. The molecule has 0 radical (unpaired) electrons. The van der Waals surface area contributed by atoms with Gasteiger partial charge >= 0.3 is 0 Å². The summed E-state index contributed by atoms with van der Waals surface area (Å²) in [6.07, 6.45) is 2.28. The van der Waals surface area contributed by atoms with Crippen molar-refractivity contribution in [3.8, 4) is 0 Å². The molecule has 0 fully saturated rings. The second-order valence-electron chi connectivity index (χ2n) is 5.17. The van der Waals surface area contributed by atoms with Gasteiger partial charge in [0.05, 0.1) is 0 Å². The van der Waals surface area contributed by atoms with Crippen LogP contribution in [0, 0.1) is 0 Å². The molecule has 1 heterocycles. The fraction of sp³-hybridized carbons (Fsp3) is 0.235. The van der Waals surface area contributed by atoms with Gasteiger partial charge in [-0.1, -0.05) is 18.5 Å². The third-order valence-electron chi connectivity index (χ3n) is 3.35. The third kappa shape index (κ3) is 4.79. The number of aromatic nitrogens is 1. The summed E-state index contributed by atoms with van der Waals surface area (Å²) in [5.41, 5.74) is 1.19. The number of pyridine rings is 1. The van der Waals surface area contributed by atoms with Gasteiger partial charge < -0.3 is 10.6 Å². The van der Waals surface area contributed by atoms with Crippen LogP contribution < -0.4 is 10.6 Å². The number of halogens is 1. The molecule has 2 aromatic rings. The van der Waals surface area contributed by atoms with E-state index in [9.17, 15) is 9.59 Å². The van der Waals surface area contributed by atoms with E-state index in [-0.39, 0.29) is 23.6 Å². The summed E-state index contributed by atoms with van der Waals surface area (Å²) in [5.74, 6) is -0.604. The van der Waals surface area contributed by atoms with Crippen LogP contribution in [0.4, 0.5) is 5.69 Å². The van der Waals surface area contributed by atoms with E-state index in [0.29, 0.717) is 16.3 Å². The van der Waals surface area contributed by atoms with E-state index in [4.69, 9.17) is 11.6 Å². The van der Waals surface area contributed by atoms with Gasteiger partial charge in [-0.2, -0.15) is 0 Å². The van der Waals surface area contributed by atoms with Crippen LogP contribution in [0.2, 0.25) is 5.02 Å². The smallest absolute Gasteiger partial charge is 0.274 e. The average Bonchev–Trinajstić information content (AvgIpc) is 2.56. The molecule has 5 nitrogen and oxygen atoms in total.